The predicted octanol–water partition coefficient (Wildman–Crippen LogP) is 2.27. The Morgan fingerprint density at radius 1 is 1.27 bits per heavy atom. The van der Waals surface area contributed by atoms with Crippen molar-refractivity contribution in [3.63, 3.8) is 0 Å². The molecule has 0 aromatic carbocycles. The zero-order valence-corrected chi connectivity index (χ0v) is 15.3. The number of morpholine rings is 1. The number of aromatic nitrogens is 4. The average Bonchev–Trinajstić information content (AvgIpc) is 3.05. The van der Waals surface area contributed by atoms with Gasteiger partial charge in [-0.05, 0) is 44.5 Å². The van der Waals surface area contributed by atoms with Crippen molar-refractivity contribution < 1.29 is 9.84 Å². The van der Waals surface area contributed by atoms with E-state index in [1.165, 1.54) is 0 Å². The van der Waals surface area contributed by atoms with Gasteiger partial charge in [-0.25, -0.2) is 9.97 Å². The first kappa shape index (κ1) is 16.9. The molecule has 26 heavy (non-hydrogen) atoms. The Hall–Kier alpha value is -2.51. The quantitative estimate of drug-likeness (QED) is 0.778. The number of fused-ring (bicyclic) bond motifs is 1. The first-order valence-electron chi connectivity index (χ1n) is 8.82. The molecule has 3 aromatic heterocycles. The highest BCUT2D eigenvalue weighted by molar-refractivity contribution is 5.83. The first-order chi connectivity index (χ1) is 12.4. The highest BCUT2D eigenvalue weighted by atomic mass is 16.5. The lowest BCUT2D eigenvalue weighted by Crippen LogP contribution is -2.44. The van der Waals surface area contributed by atoms with Gasteiger partial charge in [-0.3, -0.25) is 0 Å². The molecule has 4 rings (SSSR count). The van der Waals surface area contributed by atoms with Crippen molar-refractivity contribution in [2.45, 2.75) is 32.4 Å². The van der Waals surface area contributed by atoms with Gasteiger partial charge >= 0.3 is 0 Å². The number of aliphatic hydroxyl groups is 1. The molecule has 0 saturated carbocycles. The van der Waals surface area contributed by atoms with Crippen LogP contribution in [0.2, 0.25) is 0 Å². The first-order valence-corrected chi connectivity index (χ1v) is 8.82. The van der Waals surface area contributed by atoms with E-state index in [2.05, 4.69) is 21.9 Å². The van der Waals surface area contributed by atoms with Gasteiger partial charge in [0.15, 0.2) is 11.5 Å². The lowest BCUT2D eigenvalue weighted by atomic mass is 9.96. The Kier molecular flexibility index (Phi) is 4.13. The van der Waals surface area contributed by atoms with Crippen molar-refractivity contribution in [3.8, 4) is 5.82 Å². The normalized spacial score (nSPS) is 18.5. The Labute approximate surface area is 152 Å². The van der Waals surface area contributed by atoms with Crippen LogP contribution in [0.15, 0.2) is 36.7 Å². The molecule has 7 heteroatoms. The molecular formula is C19H23N5O2. The Bertz CT molecular complexity index is 917. The number of anilines is 1. The van der Waals surface area contributed by atoms with Gasteiger partial charge in [0.2, 0.25) is 0 Å². The van der Waals surface area contributed by atoms with Crippen molar-refractivity contribution in [1.29, 1.82) is 0 Å². The summed E-state index contributed by atoms with van der Waals surface area (Å²) >= 11 is 0. The lowest BCUT2D eigenvalue weighted by molar-refractivity contribution is 0.0799. The summed E-state index contributed by atoms with van der Waals surface area (Å²) in [7, 11) is 0. The van der Waals surface area contributed by atoms with Crippen molar-refractivity contribution in [1.82, 2.24) is 19.7 Å². The van der Waals surface area contributed by atoms with E-state index in [0.29, 0.717) is 24.7 Å². The number of hydrogen-bond acceptors (Lipinski definition) is 6. The van der Waals surface area contributed by atoms with E-state index in [-0.39, 0.29) is 6.04 Å². The molecule has 1 saturated heterocycles. The Morgan fingerprint density at radius 3 is 2.81 bits per heavy atom. The van der Waals surface area contributed by atoms with Crippen LogP contribution in [0.4, 0.5) is 5.82 Å². The zero-order valence-electron chi connectivity index (χ0n) is 15.3. The van der Waals surface area contributed by atoms with E-state index in [0.717, 1.165) is 23.3 Å². The van der Waals surface area contributed by atoms with Crippen molar-refractivity contribution in [2.75, 3.05) is 24.7 Å². The minimum atomic E-state index is -1.01. The molecule has 4 heterocycles. The van der Waals surface area contributed by atoms with E-state index in [9.17, 15) is 5.11 Å². The molecule has 0 spiro atoms. The fourth-order valence-electron chi connectivity index (χ4n) is 3.35. The fraction of sp³-hybridized carbons (Fsp3) is 0.421. The summed E-state index contributed by atoms with van der Waals surface area (Å²) in [6.07, 6.45) is 3.48. The maximum Gasteiger partial charge on any atom is 0.167 e. The van der Waals surface area contributed by atoms with Gasteiger partial charge in [0.25, 0.3) is 0 Å². The molecule has 0 unspecified atom stereocenters. The second kappa shape index (κ2) is 6.34. The molecule has 0 radical (unpaired) electrons. The SMILES string of the molecule is C[C@@H]1COCCN1c1cc(C(C)(C)O)c2cnn(-c3ccccn3)c2n1. The summed E-state index contributed by atoms with van der Waals surface area (Å²) < 4.78 is 7.27. The lowest BCUT2D eigenvalue weighted by Gasteiger charge is -2.35. The summed E-state index contributed by atoms with van der Waals surface area (Å²) in [6, 6.07) is 7.86. The maximum atomic E-state index is 10.7. The van der Waals surface area contributed by atoms with Crippen LogP contribution < -0.4 is 4.90 Å². The maximum absolute atomic E-state index is 10.7. The second-order valence-electron chi connectivity index (χ2n) is 7.19. The summed E-state index contributed by atoms with van der Waals surface area (Å²) in [5.41, 5.74) is 0.485. The number of pyridine rings is 2. The van der Waals surface area contributed by atoms with Gasteiger partial charge in [0, 0.05) is 18.1 Å². The Morgan fingerprint density at radius 2 is 2.12 bits per heavy atom. The van der Waals surface area contributed by atoms with E-state index in [4.69, 9.17) is 9.72 Å². The number of nitrogens with zero attached hydrogens (tertiary/aromatic N) is 5. The minimum Gasteiger partial charge on any atom is -0.386 e. The molecule has 1 atom stereocenters. The van der Waals surface area contributed by atoms with E-state index >= 15 is 0 Å². The van der Waals surface area contributed by atoms with Gasteiger partial charge in [-0.1, -0.05) is 6.07 Å². The van der Waals surface area contributed by atoms with Crippen LogP contribution >= 0.6 is 0 Å². The molecule has 1 aliphatic heterocycles. The van der Waals surface area contributed by atoms with E-state index in [1.807, 2.05) is 24.3 Å². The third-order valence-corrected chi connectivity index (χ3v) is 4.72. The molecule has 136 valence electrons. The van der Waals surface area contributed by atoms with Crippen molar-refractivity contribution >= 4 is 16.9 Å². The summed E-state index contributed by atoms with van der Waals surface area (Å²) in [6.45, 7) is 7.78. The van der Waals surface area contributed by atoms with E-state index < -0.39 is 5.60 Å². The van der Waals surface area contributed by atoms with Gasteiger partial charge in [0.05, 0.1) is 31.1 Å². The van der Waals surface area contributed by atoms with Crippen LogP contribution in [0.1, 0.15) is 26.3 Å². The molecule has 1 N–H and O–H groups in total. The molecule has 0 amide bonds. The monoisotopic (exact) mass is 353 g/mol. The van der Waals surface area contributed by atoms with Crippen molar-refractivity contribution in [3.05, 3.63) is 42.2 Å². The smallest absolute Gasteiger partial charge is 0.167 e. The largest absolute Gasteiger partial charge is 0.386 e. The number of hydrogen-bond donors (Lipinski definition) is 1. The second-order valence-corrected chi connectivity index (χ2v) is 7.19. The highest BCUT2D eigenvalue weighted by Gasteiger charge is 2.27. The van der Waals surface area contributed by atoms with E-state index in [1.54, 1.807) is 30.9 Å². The fourth-order valence-corrected chi connectivity index (χ4v) is 3.35. The highest BCUT2D eigenvalue weighted by Crippen LogP contribution is 2.32. The van der Waals surface area contributed by atoms with Crippen LogP contribution in [0.25, 0.3) is 16.9 Å². The molecule has 1 aliphatic rings. The molecule has 0 aliphatic carbocycles. The predicted molar refractivity (Wildman–Crippen MR) is 99.5 cm³/mol. The standard InChI is InChI=1S/C19H23N5O2/c1-13-12-26-9-8-23(13)17-10-15(19(2,3)25)14-11-21-24(18(14)22-17)16-6-4-5-7-20-16/h4-7,10-11,13,25H,8-9,12H2,1-3H3/t13-/m1/s1. The third-order valence-electron chi connectivity index (χ3n) is 4.72. The summed E-state index contributed by atoms with van der Waals surface area (Å²) in [5, 5.41) is 16.0. The van der Waals surface area contributed by atoms with Crippen LogP contribution in [-0.4, -0.2) is 50.7 Å². The van der Waals surface area contributed by atoms with Crippen LogP contribution in [-0.2, 0) is 10.3 Å². The minimum absolute atomic E-state index is 0.217. The summed E-state index contributed by atoms with van der Waals surface area (Å²) in [4.78, 5) is 11.5. The van der Waals surface area contributed by atoms with Gasteiger partial charge < -0.3 is 14.7 Å². The van der Waals surface area contributed by atoms with Crippen LogP contribution in [0.3, 0.4) is 0 Å². The Balaban J connectivity index is 1.93. The molecule has 7 nitrogen and oxygen atoms in total. The summed E-state index contributed by atoms with van der Waals surface area (Å²) in [5.74, 6) is 1.52. The molecular weight excluding hydrogens is 330 g/mol. The van der Waals surface area contributed by atoms with Crippen LogP contribution in [0, 0.1) is 0 Å². The molecule has 0 bridgehead atoms. The van der Waals surface area contributed by atoms with Crippen molar-refractivity contribution in [2.24, 2.45) is 0 Å². The van der Waals surface area contributed by atoms with Gasteiger partial charge in [-0.15, -0.1) is 0 Å². The number of rotatable bonds is 3. The number of ether oxygens (including phenoxy) is 1. The third kappa shape index (κ3) is 2.93. The van der Waals surface area contributed by atoms with Crippen LogP contribution in [0.5, 0.6) is 0 Å². The van der Waals surface area contributed by atoms with Gasteiger partial charge in [-0.2, -0.15) is 9.78 Å². The van der Waals surface area contributed by atoms with Gasteiger partial charge in [0.1, 0.15) is 5.82 Å². The molecule has 3 aromatic rings. The zero-order chi connectivity index (χ0) is 18.3. The average molecular weight is 353 g/mol. The molecule has 1 fully saturated rings. The topological polar surface area (TPSA) is 76.3 Å².